The van der Waals surface area contributed by atoms with Crippen molar-refractivity contribution in [1.29, 1.82) is 0 Å². The lowest BCUT2D eigenvalue weighted by Gasteiger charge is -2.16. The molecule has 1 aliphatic rings. The number of hydrogen-bond acceptors (Lipinski definition) is 6. The summed E-state index contributed by atoms with van der Waals surface area (Å²) in [5.41, 5.74) is 4.60. The van der Waals surface area contributed by atoms with Crippen molar-refractivity contribution in [3.8, 4) is 11.5 Å². The van der Waals surface area contributed by atoms with E-state index in [-0.39, 0.29) is 5.91 Å². The Morgan fingerprint density at radius 1 is 1.00 bits per heavy atom. The second kappa shape index (κ2) is 13.0. The molecular formula is C30H29BrN2O5S. The first-order valence-electron chi connectivity index (χ1n) is 12.6. The number of aliphatic carboxylic acids is 1. The summed E-state index contributed by atoms with van der Waals surface area (Å²) in [6, 6.07) is 19.4. The second-order valence-electron chi connectivity index (χ2n) is 8.63. The summed E-state index contributed by atoms with van der Waals surface area (Å²) in [5, 5.41) is 9.58. The Balaban J connectivity index is 1.74. The van der Waals surface area contributed by atoms with Crippen molar-refractivity contribution >= 4 is 62.2 Å². The summed E-state index contributed by atoms with van der Waals surface area (Å²) >= 11 is 4.76. The maximum absolute atomic E-state index is 13.7. The highest BCUT2D eigenvalue weighted by atomic mass is 79.9. The molecule has 1 N–H and O–H groups in total. The molecule has 202 valence electrons. The third-order valence-electron chi connectivity index (χ3n) is 5.95. The van der Waals surface area contributed by atoms with E-state index in [2.05, 4.69) is 29.8 Å². The summed E-state index contributed by atoms with van der Waals surface area (Å²) in [6.07, 6.45) is 3.62. The Morgan fingerprint density at radius 2 is 1.64 bits per heavy atom. The van der Waals surface area contributed by atoms with Crippen LogP contribution in [0.5, 0.6) is 11.5 Å². The zero-order valence-corrected chi connectivity index (χ0v) is 24.3. The molecule has 4 rings (SSSR count). The molecule has 3 aromatic rings. The highest BCUT2D eigenvalue weighted by Gasteiger charge is 2.35. The molecule has 1 saturated heterocycles. The van der Waals surface area contributed by atoms with Gasteiger partial charge in [0.15, 0.2) is 23.3 Å². The molecular weight excluding hydrogens is 580 g/mol. The van der Waals surface area contributed by atoms with Crippen LogP contribution >= 0.6 is 27.7 Å². The standard InChI is InChI=1S/C30H29BrN2O5S/c1-4-19-7-11-22(12-8-19)32-30-33(23-13-9-20(5-2)10-14-23)29(36)26(39-30)17-21-15-24(31)28(38-18-27(34)35)25(16-21)37-6-3/h7-17H,4-6,18H2,1-3H3,(H,34,35)/b26-17-,32-30?. The van der Waals surface area contributed by atoms with E-state index in [1.807, 2.05) is 55.5 Å². The van der Waals surface area contributed by atoms with Crippen LogP contribution < -0.4 is 14.4 Å². The summed E-state index contributed by atoms with van der Waals surface area (Å²) in [6.45, 7) is 5.88. The number of aryl methyl sites for hydroxylation is 2. The summed E-state index contributed by atoms with van der Waals surface area (Å²) < 4.78 is 11.7. The van der Waals surface area contributed by atoms with Gasteiger partial charge in [-0.1, -0.05) is 38.1 Å². The van der Waals surface area contributed by atoms with Crippen molar-refractivity contribution in [2.75, 3.05) is 18.1 Å². The van der Waals surface area contributed by atoms with E-state index in [1.54, 1.807) is 23.1 Å². The molecule has 0 aromatic heterocycles. The number of amides is 1. The fourth-order valence-electron chi connectivity index (χ4n) is 3.93. The number of carbonyl (C=O) groups is 2. The minimum Gasteiger partial charge on any atom is -0.490 e. The molecule has 39 heavy (non-hydrogen) atoms. The van der Waals surface area contributed by atoms with Crippen molar-refractivity contribution in [1.82, 2.24) is 0 Å². The van der Waals surface area contributed by atoms with Crippen molar-refractivity contribution in [3.05, 3.63) is 86.7 Å². The molecule has 0 radical (unpaired) electrons. The quantitative estimate of drug-likeness (QED) is 0.244. The first-order chi connectivity index (χ1) is 18.8. The zero-order valence-electron chi connectivity index (χ0n) is 21.9. The number of anilines is 1. The number of aliphatic imine (C=N–C) groups is 1. The highest BCUT2D eigenvalue weighted by molar-refractivity contribution is 9.10. The number of halogens is 1. The number of amidine groups is 1. The van der Waals surface area contributed by atoms with Crippen LogP contribution in [0.2, 0.25) is 0 Å². The van der Waals surface area contributed by atoms with E-state index in [0.29, 0.717) is 38.2 Å². The molecule has 3 aromatic carbocycles. The molecule has 1 heterocycles. The molecule has 7 nitrogen and oxygen atoms in total. The van der Waals surface area contributed by atoms with E-state index < -0.39 is 12.6 Å². The topological polar surface area (TPSA) is 88.4 Å². The number of hydrogen-bond donors (Lipinski definition) is 1. The second-order valence-corrected chi connectivity index (χ2v) is 10.5. The van der Waals surface area contributed by atoms with E-state index in [9.17, 15) is 9.59 Å². The molecule has 0 bridgehead atoms. The molecule has 0 aliphatic carbocycles. The average Bonchev–Trinajstić information content (AvgIpc) is 3.22. The summed E-state index contributed by atoms with van der Waals surface area (Å²) in [4.78, 5) is 31.7. The first-order valence-corrected chi connectivity index (χ1v) is 14.2. The predicted molar refractivity (Wildman–Crippen MR) is 160 cm³/mol. The van der Waals surface area contributed by atoms with E-state index in [4.69, 9.17) is 19.6 Å². The van der Waals surface area contributed by atoms with Crippen LogP contribution in [0.25, 0.3) is 6.08 Å². The van der Waals surface area contributed by atoms with Crippen molar-refractivity contribution in [3.63, 3.8) is 0 Å². The zero-order chi connectivity index (χ0) is 27.9. The lowest BCUT2D eigenvalue weighted by atomic mass is 10.1. The van der Waals surface area contributed by atoms with Crippen molar-refractivity contribution < 1.29 is 24.2 Å². The van der Waals surface area contributed by atoms with Gasteiger partial charge in [0, 0.05) is 0 Å². The van der Waals surface area contributed by atoms with Gasteiger partial charge in [0.05, 0.1) is 27.4 Å². The summed E-state index contributed by atoms with van der Waals surface area (Å²) in [5.74, 6) is -0.602. The molecule has 0 saturated carbocycles. The Hall–Kier alpha value is -3.56. The minimum absolute atomic E-state index is 0.187. The van der Waals surface area contributed by atoms with Gasteiger partial charge in [-0.3, -0.25) is 9.69 Å². The molecule has 0 unspecified atom stereocenters. The van der Waals surface area contributed by atoms with Crippen LogP contribution in [0.3, 0.4) is 0 Å². The lowest BCUT2D eigenvalue weighted by Crippen LogP contribution is -2.28. The van der Waals surface area contributed by atoms with Crippen LogP contribution in [0.1, 0.15) is 37.5 Å². The monoisotopic (exact) mass is 608 g/mol. The van der Waals surface area contributed by atoms with Crippen LogP contribution in [0.15, 0.2) is 75.0 Å². The normalized spacial score (nSPS) is 15.3. The molecule has 0 spiro atoms. The van der Waals surface area contributed by atoms with E-state index in [1.165, 1.54) is 22.9 Å². The maximum Gasteiger partial charge on any atom is 0.341 e. The van der Waals surface area contributed by atoms with Gasteiger partial charge in [0.2, 0.25) is 0 Å². The van der Waals surface area contributed by atoms with Gasteiger partial charge in [-0.2, -0.15) is 0 Å². The smallest absolute Gasteiger partial charge is 0.341 e. The first kappa shape index (κ1) is 28.4. The van der Waals surface area contributed by atoms with E-state index >= 15 is 0 Å². The number of carbonyl (C=O) groups excluding carboxylic acids is 1. The van der Waals surface area contributed by atoms with Crippen molar-refractivity contribution in [2.45, 2.75) is 33.6 Å². The fraction of sp³-hybridized carbons (Fsp3) is 0.233. The number of thioether (sulfide) groups is 1. The fourth-order valence-corrected chi connectivity index (χ4v) is 5.51. The number of rotatable bonds is 10. The Bertz CT molecular complexity index is 1420. The van der Waals surface area contributed by atoms with Gasteiger partial charge in [-0.15, -0.1) is 0 Å². The number of carboxylic acids is 1. The van der Waals surface area contributed by atoms with Gasteiger partial charge in [0.25, 0.3) is 5.91 Å². The molecule has 0 atom stereocenters. The number of carboxylic acid groups (broad SMARTS) is 1. The van der Waals surface area contributed by atoms with Gasteiger partial charge in [-0.25, -0.2) is 9.79 Å². The predicted octanol–water partition coefficient (Wildman–Crippen LogP) is 7.24. The largest absolute Gasteiger partial charge is 0.490 e. The molecule has 1 fully saturated rings. The van der Waals surface area contributed by atoms with Gasteiger partial charge in [-0.05, 0) is 107 Å². The van der Waals surface area contributed by atoms with Crippen molar-refractivity contribution in [2.24, 2.45) is 4.99 Å². The van der Waals surface area contributed by atoms with Crippen LogP contribution in [0.4, 0.5) is 11.4 Å². The highest BCUT2D eigenvalue weighted by Crippen LogP contribution is 2.41. The number of nitrogens with zero attached hydrogens (tertiary/aromatic N) is 2. The molecule has 9 heteroatoms. The van der Waals surface area contributed by atoms with E-state index in [0.717, 1.165) is 24.2 Å². The molecule has 1 aliphatic heterocycles. The van der Waals surface area contributed by atoms with Gasteiger partial charge in [0.1, 0.15) is 0 Å². The van der Waals surface area contributed by atoms with Crippen LogP contribution in [-0.4, -0.2) is 35.4 Å². The maximum atomic E-state index is 13.7. The Morgan fingerprint density at radius 3 is 2.23 bits per heavy atom. The Labute approximate surface area is 240 Å². The van der Waals surface area contributed by atoms with Gasteiger partial charge < -0.3 is 14.6 Å². The van der Waals surface area contributed by atoms with Crippen LogP contribution in [-0.2, 0) is 22.4 Å². The number of ether oxygens (including phenoxy) is 2. The lowest BCUT2D eigenvalue weighted by molar-refractivity contribution is -0.139. The Kier molecular flexibility index (Phi) is 9.48. The minimum atomic E-state index is -1.09. The summed E-state index contributed by atoms with van der Waals surface area (Å²) in [7, 11) is 0. The molecule has 1 amide bonds. The average molecular weight is 610 g/mol. The van der Waals surface area contributed by atoms with Gasteiger partial charge >= 0.3 is 5.97 Å². The third kappa shape index (κ3) is 6.91. The number of benzene rings is 3. The van der Waals surface area contributed by atoms with Crippen LogP contribution in [0, 0.1) is 0 Å². The SMILES string of the molecule is CCOc1cc(/C=C2\SC(=Nc3ccc(CC)cc3)N(c3ccc(CC)cc3)C2=O)cc(Br)c1OCC(=O)O. The third-order valence-corrected chi connectivity index (χ3v) is 7.51.